The van der Waals surface area contributed by atoms with Crippen LogP contribution < -0.4 is 5.32 Å². The van der Waals surface area contributed by atoms with Gasteiger partial charge >= 0.3 is 5.97 Å². The number of nitrogens with one attached hydrogen (secondary N) is 1. The number of carbonyl (C=O) groups is 2. The van der Waals surface area contributed by atoms with E-state index in [1.54, 1.807) is 24.3 Å². The summed E-state index contributed by atoms with van der Waals surface area (Å²) in [5, 5.41) is 3.10. The molecule has 0 aliphatic heterocycles. The van der Waals surface area contributed by atoms with Crippen LogP contribution in [0.15, 0.2) is 42.5 Å². The summed E-state index contributed by atoms with van der Waals surface area (Å²) < 4.78 is 4.72. The van der Waals surface area contributed by atoms with E-state index in [-0.39, 0.29) is 11.9 Å². The highest BCUT2D eigenvalue weighted by molar-refractivity contribution is 5.98. The summed E-state index contributed by atoms with van der Waals surface area (Å²) in [5.41, 5.74) is 4.83. The van der Waals surface area contributed by atoms with E-state index >= 15 is 0 Å². The summed E-state index contributed by atoms with van der Waals surface area (Å²) in [4.78, 5) is 24.3. The third kappa shape index (κ3) is 3.96. The van der Waals surface area contributed by atoms with Crippen LogP contribution in [-0.2, 0) is 17.6 Å². The van der Waals surface area contributed by atoms with E-state index in [0.717, 1.165) is 24.8 Å². The number of methoxy groups -OCH3 is 1. The van der Waals surface area contributed by atoms with Gasteiger partial charge in [-0.05, 0) is 67.0 Å². The normalized spacial score (nSPS) is 14.2. The zero-order valence-corrected chi connectivity index (χ0v) is 15.4. The van der Waals surface area contributed by atoms with Crippen molar-refractivity contribution in [3.05, 3.63) is 70.3 Å². The number of amides is 1. The van der Waals surface area contributed by atoms with Gasteiger partial charge in [0.25, 0.3) is 5.91 Å². The molecule has 0 spiro atoms. The van der Waals surface area contributed by atoms with Crippen LogP contribution in [0, 0.1) is 0 Å². The molecule has 1 N–H and O–H groups in total. The van der Waals surface area contributed by atoms with Crippen molar-refractivity contribution in [2.75, 3.05) is 7.11 Å². The van der Waals surface area contributed by atoms with Gasteiger partial charge in [0.05, 0.1) is 18.7 Å². The molecule has 3 rings (SSSR count). The van der Waals surface area contributed by atoms with Crippen LogP contribution in [0.2, 0.25) is 0 Å². The Bertz CT molecular complexity index is 813. The Morgan fingerprint density at radius 3 is 2.50 bits per heavy atom. The topological polar surface area (TPSA) is 55.4 Å². The number of ether oxygens (including phenoxy) is 1. The number of hydrogen-bond acceptors (Lipinski definition) is 3. The molecule has 136 valence electrons. The molecule has 1 aliphatic rings. The number of rotatable bonds is 5. The summed E-state index contributed by atoms with van der Waals surface area (Å²) in [6.07, 6.45) is 5.58. The van der Waals surface area contributed by atoms with Crippen molar-refractivity contribution in [3.63, 3.8) is 0 Å². The van der Waals surface area contributed by atoms with Crippen molar-refractivity contribution in [1.29, 1.82) is 0 Å². The van der Waals surface area contributed by atoms with Crippen LogP contribution in [0.25, 0.3) is 0 Å². The van der Waals surface area contributed by atoms with Crippen LogP contribution >= 0.6 is 0 Å². The van der Waals surface area contributed by atoms with E-state index in [4.69, 9.17) is 4.74 Å². The van der Waals surface area contributed by atoms with Gasteiger partial charge in [-0.25, -0.2) is 4.79 Å². The Hall–Kier alpha value is -2.62. The van der Waals surface area contributed by atoms with Gasteiger partial charge in [0.15, 0.2) is 0 Å². The van der Waals surface area contributed by atoms with Crippen molar-refractivity contribution < 1.29 is 14.3 Å². The van der Waals surface area contributed by atoms with Gasteiger partial charge in [0.1, 0.15) is 0 Å². The number of aryl methyl sites for hydroxylation is 2. The number of benzene rings is 2. The van der Waals surface area contributed by atoms with E-state index in [2.05, 4.69) is 30.4 Å². The molecule has 1 unspecified atom stereocenters. The molecule has 0 saturated carbocycles. The molecule has 2 aromatic carbocycles. The number of hydrogen-bond donors (Lipinski definition) is 1. The molecular weight excluding hydrogens is 326 g/mol. The average molecular weight is 351 g/mol. The highest BCUT2D eigenvalue weighted by Gasteiger charge is 2.18. The first-order valence-corrected chi connectivity index (χ1v) is 9.23. The second-order valence-electron chi connectivity index (χ2n) is 6.74. The van der Waals surface area contributed by atoms with E-state index < -0.39 is 5.97 Å². The number of fused-ring (bicyclic) bond motifs is 1. The van der Waals surface area contributed by atoms with Crippen LogP contribution in [0.3, 0.4) is 0 Å². The summed E-state index contributed by atoms with van der Waals surface area (Å²) in [6, 6.07) is 13.1. The Morgan fingerprint density at radius 1 is 1.04 bits per heavy atom. The van der Waals surface area contributed by atoms with Crippen LogP contribution in [0.4, 0.5) is 0 Å². The van der Waals surface area contributed by atoms with E-state index in [0.29, 0.717) is 11.1 Å². The van der Waals surface area contributed by atoms with Gasteiger partial charge in [-0.1, -0.05) is 31.2 Å². The maximum absolute atomic E-state index is 12.7. The summed E-state index contributed by atoms with van der Waals surface area (Å²) in [5.74, 6) is -0.623. The zero-order valence-electron chi connectivity index (χ0n) is 15.4. The van der Waals surface area contributed by atoms with Gasteiger partial charge in [-0.3, -0.25) is 4.79 Å². The van der Waals surface area contributed by atoms with Gasteiger partial charge < -0.3 is 10.1 Å². The van der Waals surface area contributed by atoms with E-state index in [9.17, 15) is 9.59 Å². The second-order valence-corrected chi connectivity index (χ2v) is 6.74. The third-order valence-corrected chi connectivity index (χ3v) is 5.03. The molecule has 1 aliphatic carbocycles. The van der Waals surface area contributed by atoms with Crippen LogP contribution in [-0.4, -0.2) is 19.0 Å². The highest BCUT2D eigenvalue weighted by Crippen LogP contribution is 2.26. The summed E-state index contributed by atoms with van der Waals surface area (Å²) >= 11 is 0. The molecule has 4 heteroatoms. The van der Waals surface area contributed by atoms with Crippen molar-refractivity contribution in [2.24, 2.45) is 0 Å². The smallest absolute Gasteiger partial charge is 0.337 e. The van der Waals surface area contributed by atoms with Crippen molar-refractivity contribution >= 4 is 11.9 Å². The minimum Gasteiger partial charge on any atom is -0.465 e. The van der Waals surface area contributed by atoms with Crippen molar-refractivity contribution in [2.45, 2.75) is 45.1 Å². The number of carbonyl (C=O) groups excluding carboxylic acids is 2. The molecular formula is C22H25NO3. The lowest BCUT2D eigenvalue weighted by molar-refractivity contribution is 0.0600. The monoisotopic (exact) mass is 351 g/mol. The van der Waals surface area contributed by atoms with E-state index in [1.165, 1.54) is 31.1 Å². The SMILES string of the molecule is CCC(NC(=O)c1cccc(C(=O)OC)c1)c1ccc2c(c1)CCCC2. The maximum atomic E-state index is 12.7. The highest BCUT2D eigenvalue weighted by atomic mass is 16.5. The largest absolute Gasteiger partial charge is 0.465 e. The predicted octanol–water partition coefficient (Wildman–Crippen LogP) is 4.23. The summed E-state index contributed by atoms with van der Waals surface area (Å²) in [7, 11) is 1.33. The molecule has 0 bridgehead atoms. The van der Waals surface area contributed by atoms with Crippen molar-refractivity contribution in [1.82, 2.24) is 5.32 Å². The average Bonchev–Trinajstić information content (AvgIpc) is 2.70. The molecule has 2 aromatic rings. The Balaban J connectivity index is 1.78. The summed E-state index contributed by atoms with van der Waals surface area (Å²) in [6.45, 7) is 2.06. The molecule has 0 heterocycles. The van der Waals surface area contributed by atoms with Gasteiger partial charge in [0.2, 0.25) is 0 Å². The minimum atomic E-state index is -0.443. The van der Waals surface area contributed by atoms with Crippen molar-refractivity contribution in [3.8, 4) is 0 Å². The van der Waals surface area contributed by atoms with Crippen LogP contribution in [0.1, 0.15) is 69.6 Å². The standard InChI is InChI=1S/C22H25NO3/c1-3-20(17-12-11-15-7-4-5-8-16(15)13-17)23-21(24)18-9-6-10-19(14-18)22(25)26-2/h6,9-14,20H,3-5,7-8H2,1-2H3,(H,23,24). The van der Waals surface area contributed by atoms with Gasteiger partial charge in [-0.15, -0.1) is 0 Å². The number of esters is 1. The Labute approximate surface area is 154 Å². The minimum absolute atomic E-state index is 0.0449. The second kappa shape index (κ2) is 8.17. The fourth-order valence-electron chi connectivity index (χ4n) is 3.54. The maximum Gasteiger partial charge on any atom is 0.337 e. The Kier molecular flexibility index (Phi) is 5.71. The quantitative estimate of drug-likeness (QED) is 0.820. The van der Waals surface area contributed by atoms with Gasteiger partial charge in [-0.2, -0.15) is 0 Å². The Morgan fingerprint density at radius 2 is 1.77 bits per heavy atom. The van der Waals surface area contributed by atoms with E-state index in [1.807, 2.05) is 0 Å². The van der Waals surface area contributed by atoms with Crippen LogP contribution in [0.5, 0.6) is 0 Å². The molecule has 1 atom stereocenters. The zero-order chi connectivity index (χ0) is 18.5. The lowest BCUT2D eigenvalue weighted by atomic mass is 9.88. The lowest BCUT2D eigenvalue weighted by Gasteiger charge is -2.22. The third-order valence-electron chi connectivity index (χ3n) is 5.03. The molecule has 26 heavy (non-hydrogen) atoms. The first-order chi connectivity index (χ1) is 12.6. The molecule has 0 fully saturated rings. The fraction of sp³-hybridized carbons (Fsp3) is 0.364. The molecule has 0 aromatic heterocycles. The lowest BCUT2D eigenvalue weighted by Crippen LogP contribution is -2.28. The molecule has 1 amide bonds. The predicted molar refractivity (Wildman–Crippen MR) is 101 cm³/mol. The molecule has 4 nitrogen and oxygen atoms in total. The molecule has 0 saturated heterocycles. The fourth-order valence-corrected chi connectivity index (χ4v) is 3.54. The first-order valence-electron chi connectivity index (χ1n) is 9.23. The molecule has 0 radical (unpaired) electrons. The van der Waals surface area contributed by atoms with Gasteiger partial charge in [0, 0.05) is 5.56 Å². The first kappa shape index (κ1) is 18.2.